The Morgan fingerprint density at radius 3 is 2.35 bits per heavy atom. The Bertz CT molecular complexity index is 1750. The number of benzene rings is 4. The molecule has 0 saturated carbocycles. The SMILES string of the molecule is O=C(Nc1cccc(S[C@H]2CC(=O)N(c3ccc(Br)cc3)C2=O)c1)/C(=C/c1cc(Br)ccc1F)NC(=O)c1ccccc1. The van der Waals surface area contributed by atoms with E-state index in [-0.39, 0.29) is 29.5 Å². The topological polar surface area (TPSA) is 95.6 Å². The molecule has 4 aromatic rings. The summed E-state index contributed by atoms with van der Waals surface area (Å²) in [6.07, 6.45) is 1.29. The number of nitrogens with zero attached hydrogens (tertiary/aromatic N) is 1. The molecule has 5 rings (SSSR count). The number of amides is 4. The maximum absolute atomic E-state index is 14.6. The second-order valence-electron chi connectivity index (χ2n) is 9.38. The van der Waals surface area contributed by atoms with Gasteiger partial charge in [-0.05, 0) is 78.9 Å². The van der Waals surface area contributed by atoms with Crippen LogP contribution in [-0.4, -0.2) is 28.9 Å². The maximum atomic E-state index is 14.6. The number of imide groups is 1. The van der Waals surface area contributed by atoms with Crippen molar-refractivity contribution in [3.05, 3.63) is 129 Å². The maximum Gasteiger partial charge on any atom is 0.272 e. The van der Waals surface area contributed by atoms with E-state index in [1.807, 2.05) is 0 Å². The standard InChI is InChI=1S/C32H22Br2FN3O4S/c33-21-9-12-24(13-10-21)38-29(39)18-28(32(38)42)43-25-8-4-7-23(17-25)36-31(41)27(16-20-15-22(34)11-14-26(20)35)37-30(40)19-5-2-1-3-6-19/h1-17,28H,18H2,(H,36,41)(H,37,40)/b27-16-/t28-/m0/s1. The van der Waals surface area contributed by atoms with Gasteiger partial charge in [0.1, 0.15) is 11.5 Å². The van der Waals surface area contributed by atoms with Crippen LogP contribution >= 0.6 is 43.6 Å². The molecule has 0 unspecified atom stereocenters. The van der Waals surface area contributed by atoms with Crippen LogP contribution in [-0.2, 0) is 14.4 Å². The van der Waals surface area contributed by atoms with Crippen LogP contribution in [0.2, 0.25) is 0 Å². The van der Waals surface area contributed by atoms with Crippen molar-refractivity contribution in [1.82, 2.24) is 5.32 Å². The monoisotopic (exact) mass is 721 g/mol. The summed E-state index contributed by atoms with van der Waals surface area (Å²) in [5.41, 5.74) is 1.12. The summed E-state index contributed by atoms with van der Waals surface area (Å²) in [7, 11) is 0. The van der Waals surface area contributed by atoms with Crippen molar-refractivity contribution in [2.75, 3.05) is 10.2 Å². The minimum absolute atomic E-state index is 0.0345. The fourth-order valence-corrected chi connectivity index (χ4v) is 6.05. The normalized spacial score (nSPS) is 15.0. The lowest BCUT2D eigenvalue weighted by molar-refractivity contribution is -0.121. The molecule has 4 aromatic carbocycles. The van der Waals surface area contributed by atoms with Gasteiger partial charge in [-0.15, -0.1) is 11.8 Å². The van der Waals surface area contributed by atoms with Gasteiger partial charge in [0.25, 0.3) is 11.8 Å². The Hall–Kier alpha value is -4.06. The quantitative estimate of drug-likeness (QED) is 0.148. The number of halogens is 3. The third-order valence-electron chi connectivity index (χ3n) is 6.35. The van der Waals surface area contributed by atoms with Crippen molar-refractivity contribution in [1.29, 1.82) is 0 Å². The van der Waals surface area contributed by atoms with E-state index in [2.05, 4.69) is 42.5 Å². The minimum Gasteiger partial charge on any atom is -0.321 e. The van der Waals surface area contributed by atoms with Gasteiger partial charge in [-0.25, -0.2) is 9.29 Å². The summed E-state index contributed by atoms with van der Waals surface area (Å²) in [5, 5.41) is 4.69. The van der Waals surface area contributed by atoms with Gasteiger partial charge in [0.15, 0.2) is 0 Å². The van der Waals surface area contributed by atoms with Gasteiger partial charge in [-0.3, -0.25) is 19.2 Å². The molecule has 0 aliphatic carbocycles. The van der Waals surface area contributed by atoms with E-state index in [4.69, 9.17) is 0 Å². The third kappa shape index (κ3) is 7.48. The van der Waals surface area contributed by atoms with Gasteiger partial charge < -0.3 is 10.6 Å². The zero-order valence-corrected chi connectivity index (χ0v) is 26.2. The molecule has 11 heteroatoms. The Morgan fingerprint density at radius 2 is 1.60 bits per heavy atom. The van der Waals surface area contributed by atoms with E-state index in [1.54, 1.807) is 78.9 Å². The Labute approximate surface area is 267 Å². The van der Waals surface area contributed by atoms with Crippen molar-refractivity contribution in [2.45, 2.75) is 16.6 Å². The first-order valence-corrected chi connectivity index (χ1v) is 15.4. The van der Waals surface area contributed by atoms with Crippen molar-refractivity contribution in [3.8, 4) is 0 Å². The second kappa shape index (κ2) is 13.5. The number of rotatable bonds is 8. The number of nitrogens with one attached hydrogen (secondary N) is 2. The van der Waals surface area contributed by atoms with Crippen molar-refractivity contribution >= 4 is 84.7 Å². The average Bonchev–Trinajstić information content (AvgIpc) is 3.27. The number of hydrogen-bond acceptors (Lipinski definition) is 5. The molecule has 0 radical (unpaired) electrons. The molecule has 1 fully saturated rings. The molecule has 1 aliphatic heterocycles. The molecular formula is C32H22Br2FN3O4S. The molecule has 4 amide bonds. The molecular weight excluding hydrogens is 701 g/mol. The lowest BCUT2D eigenvalue weighted by Gasteiger charge is -2.15. The summed E-state index contributed by atoms with van der Waals surface area (Å²) in [4.78, 5) is 54.0. The van der Waals surface area contributed by atoms with Crippen molar-refractivity contribution in [3.63, 3.8) is 0 Å². The number of carbonyl (C=O) groups excluding carboxylic acids is 4. The van der Waals surface area contributed by atoms with Crippen molar-refractivity contribution in [2.24, 2.45) is 0 Å². The predicted octanol–water partition coefficient (Wildman–Crippen LogP) is 7.18. The van der Waals surface area contributed by atoms with Gasteiger partial charge in [0, 0.05) is 37.1 Å². The highest BCUT2D eigenvalue weighted by Gasteiger charge is 2.40. The molecule has 1 atom stereocenters. The van der Waals surface area contributed by atoms with Crippen LogP contribution in [0.3, 0.4) is 0 Å². The number of thioether (sulfide) groups is 1. The molecule has 43 heavy (non-hydrogen) atoms. The Kier molecular flexibility index (Phi) is 9.54. The molecule has 2 N–H and O–H groups in total. The first-order chi connectivity index (χ1) is 20.7. The van der Waals surface area contributed by atoms with Gasteiger partial charge >= 0.3 is 0 Å². The molecule has 0 bridgehead atoms. The highest BCUT2D eigenvalue weighted by atomic mass is 79.9. The summed E-state index contributed by atoms with van der Waals surface area (Å²) in [5.74, 6) is -2.41. The second-order valence-corrected chi connectivity index (χ2v) is 12.5. The zero-order valence-electron chi connectivity index (χ0n) is 22.2. The van der Waals surface area contributed by atoms with E-state index in [0.29, 0.717) is 26.3 Å². The summed E-state index contributed by atoms with van der Waals surface area (Å²) < 4.78 is 16.0. The highest BCUT2D eigenvalue weighted by Crippen LogP contribution is 2.35. The van der Waals surface area contributed by atoms with Crippen LogP contribution < -0.4 is 15.5 Å². The number of anilines is 2. The van der Waals surface area contributed by atoms with E-state index in [9.17, 15) is 23.6 Å². The average molecular weight is 723 g/mol. The van der Waals surface area contributed by atoms with Gasteiger partial charge in [0.05, 0.1) is 10.9 Å². The van der Waals surface area contributed by atoms with Crippen LogP contribution in [0.1, 0.15) is 22.3 Å². The number of hydrogen-bond donors (Lipinski definition) is 2. The molecule has 1 heterocycles. The first kappa shape index (κ1) is 30.4. The molecule has 1 saturated heterocycles. The van der Waals surface area contributed by atoms with E-state index < -0.39 is 22.9 Å². The Morgan fingerprint density at radius 1 is 0.884 bits per heavy atom. The first-order valence-electron chi connectivity index (χ1n) is 12.9. The van der Waals surface area contributed by atoms with Gasteiger partial charge in [0.2, 0.25) is 11.8 Å². The zero-order chi connectivity index (χ0) is 30.5. The molecule has 216 valence electrons. The Balaban J connectivity index is 1.34. The van der Waals surface area contributed by atoms with Gasteiger partial charge in [-0.2, -0.15) is 0 Å². The fourth-order valence-electron chi connectivity index (χ4n) is 4.29. The third-order valence-corrected chi connectivity index (χ3v) is 8.55. The number of carbonyl (C=O) groups is 4. The van der Waals surface area contributed by atoms with E-state index in [0.717, 1.165) is 4.47 Å². The highest BCUT2D eigenvalue weighted by molar-refractivity contribution is 9.10. The largest absolute Gasteiger partial charge is 0.321 e. The van der Waals surface area contributed by atoms with Crippen LogP contribution in [0.5, 0.6) is 0 Å². The van der Waals surface area contributed by atoms with E-state index >= 15 is 0 Å². The minimum atomic E-state index is -0.681. The summed E-state index contributed by atoms with van der Waals surface area (Å²) in [6, 6.07) is 26.3. The van der Waals surface area contributed by atoms with E-state index in [1.165, 1.54) is 40.9 Å². The van der Waals surface area contributed by atoms with Crippen LogP contribution in [0.25, 0.3) is 6.08 Å². The molecule has 1 aliphatic rings. The predicted molar refractivity (Wildman–Crippen MR) is 172 cm³/mol. The van der Waals surface area contributed by atoms with Gasteiger partial charge in [-0.1, -0.05) is 56.1 Å². The smallest absolute Gasteiger partial charge is 0.272 e. The summed E-state index contributed by atoms with van der Waals surface area (Å²) in [6.45, 7) is 0. The van der Waals surface area contributed by atoms with Crippen LogP contribution in [0, 0.1) is 5.82 Å². The lowest BCUT2D eigenvalue weighted by Crippen LogP contribution is -2.31. The fraction of sp³-hybridized carbons (Fsp3) is 0.0625. The molecule has 7 nitrogen and oxygen atoms in total. The summed E-state index contributed by atoms with van der Waals surface area (Å²) >= 11 is 7.87. The lowest BCUT2D eigenvalue weighted by atomic mass is 10.1. The van der Waals surface area contributed by atoms with Crippen LogP contribution in [0.15, 0.2) is 117 Å². The van der Waals surface area contributed by atoms with Crippen molar-refractivity contribution < 1.29 is 23.6 Å². The van der Waals surface area contributed by atoms with Crippen LogP contribution in [0.4, 0.5) is 15.8 Å². The molecule has 0 spiro atoms. The molecule has 0 aromatic heterocycles.